The summed E-state index contributed by atoms with van der Waals surface area (Å²) in [6.45, 7) is 2.04. The average Bonchev–Trinajstić information content (AvgIpc) is 2.46. The first-order valence-corrected chi connectivity index (χ1v) is 6.28. The van der Waals surface area contributed by atoms with Crippen molar-refractivity contribution in [3.05, 3.63) is 59.8 Å². The smallest absolute Gasteiger partial charge is 0.253 e. The highest BCUT2D eigenvalue weighted by Crippen LogP contribution is 2.16. The van der Waals surface area contributed by atoms with Crippen molar-refractivity contribution in [3.63, 3.8) is 0 Å². The van der Waals surface area contributed by atoms with Crippen LogP contribution >= 0.6 is 0 Å². The van der Waals surface area contributed by atoms with Gasteiger partial charge in [-0.2, -0.15) is 0 Å². The molecule has 3 N–H and O–H groups in total. The van der Waals surface area contributed by atoms with Crippen LogP contribution in [0.15, 0.2) is 48.7 Å². The third-order valence-electron chi connectivity index (χ3n) is 2.96. The van der Waals surface area contributed by atoms with Gasteiger partial charge in [0.15, 0.2) is 0 Å². The Hall–Kier alpha value is -2.36. The Balaban J connectivity index is 2.10. The third-order valence-corrected chi connectivity index (χ3v) is 2.96. The Labute approximate surface area is 112 Å². The van der Waals surface area contributed by atoms with Crippen LogP contribution < -0.4 is 11.1 Å². The number of carbonyl (C=O) groups is 1. The summed E-state index contributed by atoms with van der Waals surface area (Å²) in [5.74, 6) is 0.273. The number of anilines is 1. The highest BCUT2D eigenvalue weighted by molar-refractivity contribution is 5.94. The molecule has 1 aromatic carbocycles. The quantitative estimate of drug-likeness (QED) is 0.882. The Bertz CT molecular complexity index is 537. The zero-order valence-electron chi connectivity index (χ0n) is 10.8. The first kappa shape index (κ1) is 13.1. The zero-order chi connectivity index (χ0) is 13.7. The van der Waals surface area contributed by atoms with E-state index in [1.807, 2.05) is 37.3 Å². The molecule has 98 valence electrons. The van der Waals surface area contributed by atoms with E-state index >= 15 is 0 Å². The number of hydrogen-bond donors (Lipinski definition) is 2. The number of aromatic nitrogens is 1. The second-order valence-electron chi connectivity index (χ2n) is 4.32. The molecule has 0 spiro atoms. The fourth-order valence-electron chi connectivity index (χ4n) is 1.89. The lowest BCUT2D eigenvalue weighted by Gasteiger charge is -2.17. The first-order chi connectivity index (χ1) is 9.20. The molecule has 0 radical (unpaired) electrons. The molecule has 2 rings (SSSR count). The van der Waals surface area contributed by atoms with Gasteiger partial charge in [-0.15, -0.1) is 0 Å². The summed E-state index contributed by atoms with van der Waals surface area (Å²) in [6, 6.07) is 13.2. The van der Waals surface area contributed by atoms with Crippen molar-refractivity contribution in [2.75, 3.05) is 5.73 Å². The van der Waals surface area contributed by atoms with E-state index in [2.05, 4.69) is 10.3 Å². The molecule has 4 heteroatoms. The summed E-state index contributed by atoms with van der Waals surface area (Å²) < 4.78 is 0. The van der Waals surface area contributed by atoms with Gasteiger partial charge < -0.3 is 11.1 Å². The van der Waals surface area contributed by atoms with E-state index in [0.29, 0.717) is 11.4 Å². The average molecular weight is 255 g/mol. The predicted octanol–water partition coefficient (Wildman–Crippen LogP) is 2.54. The van der Waals surface area contributed by atoms with Crippen LogP contribution in [0.1, 0.15) is 35.3 Å². The maximum Gasteiger partial charge on any atom is 0.253 e. The van der Waals surface area contributed by atoms with E-state index in [1.54, 1.807) is 12.1 Å². The number of amides is 1. The monoisotopic (exact) mass is 255 g/mol. The number of nitrogens with two attached hydrogens (primary N) is 1. The molecule has 0 aliphatic rings. The highest BCUT2D eigenvalue weighted by Gasteiger charge is 2.13. The van der Waals surface area contributed by atoms with Crippen LogP contribution in [0.4, 0.5) is 5.82 Å². The Kier molecular flexibility index (Phi) is 4.13. The van der Waals surface area contributed by atoms with Gasteiger partial charge in [0.1, 0.15) is 5.82 Å². The van der Waals surface area contributed by atoms with E-state index in [-0.39, 0.29) is 11.9 Å². The minimum Gasteiger partial charge on any atom is -0.384 e. The Morgan fingerprint density at radius 2 is 2.00 bits per heavy atom. The minimum atomic E-state index is -0.136. The van der Waals surface area contributed by atoms with Crippen molar-refractivity contribution >= 4 is 11.7 Å². The molecular formula is C15H17N3O. The SMILES string of the molecule is CCC(NC(=O)c1ccc(N)nc1)c1ccccc1. The number of carbonyl (C=O) groups excluding carboxylic acids is 1. The molecule has 1 aromatic heterocycles. The van der Waals surface area contributed by atoms with Crippen molar-refractivity contribution in [1.82, 2.24) is 10.3 Å². The van der Waals surface area contributed by atoms with Gasteiger partial charge in [0, 0.05) is 6.20 Å². The number of pyridine rings is 1. The minimum absolute atomic E-state index is 0.00579. The van der Waals surface area contributed by atoms with E-state index in [4.69, 9.17) is 5.73 Å². The molecule has 0 aliphatic heterocycles. The van der Waals surface area contributed by atoms with Crippen LogP contribution in [0.2, 0.25) is 0 Å². The zero-order valence-corrected chi connectivity index (χ0v) is 10.8. The van der Waals surface area contributed by atoms with E-state index in [0.717, 1.165) is 12.0 Å². The fraction of sp³-hybridized carbons (Fsp3) is 0.200. The Morgan fingerprint density at radius 3 is 2.58 bits per heavy atom. The molecule has 4 nitrogen and oxygen atoms in total. The van der Waals surface area contributed by atoms with Crippen LogP contribution in [0.5, 0.6) is 0 Å². The summed E-state index contributed by atoms with van der Waals surface area (Å²) in [7, 11) is 0. The summed E-state index contributed by atoms with van der Waals surface area (Å²) in [5.41, 5.74) is 7.12. The molecule has 0 saturated carbocycles. The van der Waals surface area contributed by atoms with E-state index < -0.39 is 0 Å². The Morgan fingerprint density at radius 1 is 1.26 bits per heavy atom. The maximum absolute atomic E-state index is 12.1. The molecule has 19 heavy (non-hydrogen) atoms. The molecule has 0 aliphatic carbocycles. The maximum atomic E-state index is 12.1. The van der Waals surface area contributed by atoms with Crippen LogP contribution in [-0.2, 0) is 0 Å². The topological polar surface area (TPSA) is 68.0 Å². The number of nitrogens with one attached hydrogen (secondary N) is 1. The van der Waals surface area contributed by atoms with Crippen LogP contribution in [0, 0.1) is 0 Å². The molecular weight excluding hydrogens is 238 g/mol. The fourth-order valence-corrected chi connectivity index (χ4v) is 1.89. The van der Waals surface area contributed by atoms with Gasteiger partial charge in [-0.25, -0.2) is 4.98 Å². The van der Waals surface area contributed by atoms with Crippen molar-refractivity contribution in [3.8, 4) is 0 Å². The molecule has 0 bridgehead atoms. The molecule has 1 heterocycles. The van der Waals surface area contributed by atoms with E-state index in [9.17, 15) is 4.79 Å². The normalized spacial score (nSPS) is 11.8. The summed E-state index contributed by atoms with van der Waals surface area (Å²) in [4.78, 5) is 16.0. The van der Waals surface area contributed by atoms with Gasteiger partial charge in [0.05, 0.1) is 11.6 Å². The van der Waals surface area contributed by atoms with Gasteiger partial charge in [0.25, 0.3) is 5.91 Å². The van der Waals surface area contributed by atoms with Gasteiger partial charge in [-0.3, -0.25) is 4.79 Å². The summed E-state index contributed by atoms with van der Waals surface area (Å²) in [6.07, 6.45) is 2.32. The third kappa shape index (κ3) is 3.31. The second-order valence-corrected chi connectivity index (χ2v) is 4.32. The van der Waals surface area contributed by atoms with Gasteiger partial charge in [-0.05, 0) is 24.1 Å². The van der Waals surface area contributed by atoms with Gasteiger partial charge in [-0.1, -0.05) is 37.3 Å². The standard InChI is InChI=1S/C15H17N3O/c1-2-13(11-6-4-3-5-7-11)18-15(19)12-8-9-14(16)17-10-12/h3-10,13H,2H2,1H3,(H2,16,17)(H,18,19). The molecule has 1 atom stereocenters. The van der Waals surface area contributed by atoms with E-state index in [1.165, 1.54) is 6.20 Å². The lowest BCUT2D eigenvalue weighted by molar-refractivity contribution is 0.0935. The largest absolute Gasteiger partial charge is 0.384 e. The lowest BCUT2D eigenvalue weighted by atomic mass is 10.0. The van der Waals surface area contributed by atoms with Crippen LogP contribution in [0.25, 0.3) is 0 Å². The number of hydrogen-bond acceptors (Lipinski definition) is 3. The molecule has 1 amide bonds. The predicted molar refractivity (Wildman–Crippen MR) is 75.6 cm³/mol. The first-order valence-electron chi connectivity index (χ1n) is 6.28. The van der Waals surface area contributed by atoms with Crippen molar-refractivity contribution in [2.24, 2.45) is 0 Å². The summed E-state index contributed by atoms with van der Waals surface area (Å²) in [5, 5.41) is 3.00. The molecule has 2 aromatic rings. The number of benzene rings is 1. The number of nitrogen functional groups attached to an aromatic ring is 1. The van der Waals surface area contributed by atoms with Crippen molar-refractivity contribution in [1.29, 1.82) is 0 Å². The second kappa shape index (κ2) is 6.00. The highest BCUT2D eigenvalue weighted by atomic mass is 16.1. The van der Waals surface area contributed by atoms with Crippen LogP contribution in [0.3, 0.4) is 0 Å². The molecule has 0 fully saturated rings. The van der Waals surface area contributed by atoms with Gasteiger partial charge >= 0.3 is 0 Å². The molecule has 0 saturated heterocycles. The van der Waals surface area contributed by atoms with Crippen molar-refractivity contribution < 1.29 is 4.79 Å². The van der Waals surface area contributed by atoms with Crippen molar-refractivity contribution in [2.45, 2.75) is 19.4 Å². The number of rotatable bonds is 4. The van der Waals surface area contributed by atoms with Crippen LogP contribution in [-0.4, -0.2) is 10.9 Å². The summed E-state index contributed by atoms with van der Waals surface area (Å²) >= 11 is 0. The lowest BCUT2D eigenvalue weighted by Crippen LogP contribution is -2.28. The van der Waals surface area contributed by atoms with Gasteiger partial charge in [0.2, 0.25) is 0 Å². The molecule has 1 unspecified atom stereocenters. The number of nitrogens with zero attached hydrogens (tertiary/aromatic N) is 1.